The van der Waals surface area contributed by atoms with Crippen LogP contribution in [-0.2, 0) is 10.0 Å². The largest absolute Gasteiger partial charge is 0.481 e. The minimum atomic E-state index is -4.33. The highest BCUT2D eigenvalue weighted by Gasteiger charge is 2.34. The van der Waals surface area contributed by atoms with E-state index < -0.39 is 21.4 Å². The zero-order chi connectivity index (χ0) is 27.4. The Morgan fingerprint density at radius 1 is 1.00 bits per heavy atom. The van der Waals surface area contributed by atoms with E-state index in [0.29, 0.717) is 0 Å². The van der Waals surface area contributed by atoms with Crippen molar-refractivity contribution in [3.05, 3.63) is 47.8 Å². The Labute approximate surface area is 221 Å². The summed E-state index contributed by atoms with van der Waals surface area (Å²) in [6.45, 7) is 1.28. The van der Waals surface area contributed by atoms with Crippen molar-refractivity contribution in [2.45, 2.75) is 18.3 Å². The Morgan fingerprint density at radius 2 is 1.66 bits per heavy atom. The van der Waals surface area contributed by atoms with Crippen molar-refractivity contribution in [1.82, 2.24) is 39.7 Å². The van der Waals surface area contributed by atoms with Gasteiger partial charge in [-0.2, -0.15) is 9.97 Å². The molecule has 0 aromatic carbocycles. The molecule has 0 bridgehead atoms. The molecular weight excluding hydrogens is 542 g/mol. The van der Waals surface area contributed by atoms with Crippen molar-refractivity contribution in [3.8, 4) is 34.8 Å². The number of methoxy groups -OCH3 is 3. The lowest BCUT2D eigenvalue weighted by Crippen LogP contribution is -2.32. The molecule has 0 saturated carbocycles. The second kappa shape index (κ2) is 11.1. The lowest BCUT2D eigenvalue weighted by atomic mass is 10.2. The predicted octanol–water partition coefficient (Wildman–Crippen LogP) is 1.45. The number of nitrogens with zero attached hydrogens (tertiary/aromatic N) is 8. The van der Waals surface area contributed by atoms with Gasteiger partial charge in [0, 0.05) is 18.5 Å². The van der Waals surface area contributed by atoms with Gasteiger partial charge in [0.25, 0.3) is 0 Å². The highest BCUT2D eigenvalue weighted by atomic mass is 35.5. The Balaban J connectivity index is 1.84. The maximum Gasteiger partial charge on any atom is 0.245 e. The molecular formula is C21H22ClN9O6S. The average Bonchev–Trinajstić information content (AvgIpc) is 3.34. The van der Waals surface area contributed by atoms with Crippen LogP contribution in [0.4, 0.5) is 5.95 Å². The number of nitrogens with one attached hydrogen (secondary N) is 1. The molecule has 4 rings (SSSR count). The van der Waals surface area contributed by atoms with Gasteiger partial charge in [0.15, 0.2) is 17.3 Å². The maximum atomic E-state index is 13.4. The third kappa shape index (κ3) is 5.27. The van der Waals surface area contributed by atoms with E-state index in [1.165, 1.54) is 51.5 Å². The summed E-state index contributed by atoms with van der Waals surface area (Å²) in [6.07, 6.45) is 2.11. The van der Waals surface area contributed by atoms with Gasteiger partial charge in [0.1, 0.15) is 23.4 Å². The van der Waals surface area contributed by atoms with Crippen molar-refractivity contribution >= 4 is 27.6 Å². The quantitative estimate of drug-likeness (QED) is 0.282. The van der Waals surface area contributed by atoms with Crippen LogP contribution in [0.5, 0.6) is 17.6 Å². The fraction of sp³-hybridized carbons (Fsp3) is 0.286. The van der Waals surface area contributed by atoms with Gasteiger partial charge in [0.2, 0.25) is 33.6 Å². The van der Waals surface area contributed by atoms with Crippen molar-refractivity contribution in [1.29, 1.82) is 0 Å². The van der Waals surface area contributed by atoms with E-state index in [9.17, 15) is 13.5 Å². The smallest absolute Gasteiger partial charge is 0.245 e. The number of aromatic nitrogens is 8. The van der Waals surface area contributed by atoms with Crippen LogP contribution in [0.15, 0.2) is 36.9 Å². The van der Waals surface area contributed by atoms with E-state index >= 15 is 0 Å². The van der Waals surface area contributed by atoms with Crippen molar-refractivity contribution < 1.29 is 27.7 Å². The van der Waals surface area contributed by atoms with Crippen molar-refractivity contribution in [3.63, 3.8) is 0 Å². The monoisotopic (exact) mass is 563 g/mol. The van der Waals surface area contributed by atoms with E-state index in [1.807, 2.05) is 0 Å². The van der Waals surface area contributed by atoms with Crippen LogP contribution >= 0.6 is 11.6 Å². The van der Waals surface area contributed by atoms with Gasteiger partial charge < -0.3 is 19.3 Å². The van der Waals surface area contributed by atoms with Gasteiger partial charge in [-0.1, -0.05) is 17.7 Å². The van der Waals surface area contributed by atoms with Gasteiger partial charge >= 0.3 is 0 Å². The fourth-order valence-electron chi connectivity index (χ4n) is 3.29. The van der Waals surface area contributed by atoms with E-state index in [1.54, 1.807) is 18.2 Å². The minimum absolute atomic E-state index is 0.0314. The third-order valence-corrected chi connectivity index (χ3v) is 7.16. The molecule has 0 aliphatic heterocycles. The number of pyridine rings is 1. The number of hydrogen-bond donors (Lipinski definition) is 2. The molecule has 2 atom stereocenters. The molecule has 0 amide bonds. The highest BCUT2D eigenvalue weighted by Crippen LogP contribution is 2.35. The molecule has 0 radical (unpaired) electrons. The number of hydrogen-bond acceptors (Lipinski definition) is 13. The third-order valence-electron chi connectivity index (χ3n) is 5.26. The first-order valence-electron chi connectivity index (χ1n) is 10.8. The molecule has 0 unspecified atom stereocenters. The number of anilines is 1. The summed E-state index contributed by atoms with van der Waals surface area (Å²) < 4.78 is 46.3. The zero-order valence-electron chi connectivity index (χ0n) is 20.5. The molecule has 2 N–H and O–H groups in total. The lowest BCUT2D eigenvalue weighted by Gasteiger charge is -2.20. The predicted molar refractivity (Wildman–Crippen MR) is 134 cm³/mol. The van der Waals surface area contributed by atoms with Gasteiger partial charge in [-0.05, 0) is 13.0 Å². The fourth-order valence-corrected chi connectivity index (χ4v) is 4.42. The number of rotatable bonds is 10. The Kier molecular flexibility index (Phi) is 7.84. The number of halogens is 1. The van der Waals surface area contributed by atoms with Crippen molar-refractivity contribution in [2.24, 2.45) is 0 Å². The number of aliphatic hydroxyl groups excluding tert-OH is 1. The minimum Gasteiger partial charge on any atom is -0.481 e. The van der Waals surface area contributed by atoms with E-state index in [-0.39, 0.29) is 51.6 Å². The van der Waals surface area contributed by atoms with E-state index in [2.05, 4.69) is 39.8 Å². The zero-order valence-corrected chi connectivity index (χ0v) is 22.0. The molecule has 0 aliphatic carbocycles. The van der Waals surface area contributed by atoms with Gasteiger partial charge in [0.05, 0.1) is 26.4 Å². The van der Waals surface area contributed by atoms with Crippen LogP contribution in [0, 0.1) is 0 Å². The maximum absolute atomic E-state index is 13.4. The normalized spacial score (nSPS) is 13.0. The SMILES string of the molecule is COc1cccc(-c2nnc(NS(=O)(=O)[C@@H](C)[C@H](O)c3ncc(Cl)cn3)n2-c2c(OC)ncnc2OC)n1. The van der Waals surface area contributed by atoms with Crippen molar-refractivity contribution in [2.75, 3.05) is 26.1 Å². The molecule has 200 valence electrons. The van der Waals surface area contributed by atoms with Crippen LogP contribution in [0.3, 0.4) is 0 Å². The summed E-state index contributed by atoms with van der Waals surface area (Å²) >= 11 is 5.79. The van der Waals surface area contributed by atoms with Crippen LogP contribution < -0.4 is 18.9 Å². The highest BCUT2D eigenvalue weighted by molar-refractivity contribution is 7.93. The van der Waals surface area contributed by atoms with Crippen LogP contribution in [0.2, 0.25) is 5.02 Å². The molecule has 4 aromatic rings. The average molecular weight is 564 g/mol. The summed E-state index contributed by atoms with van der Waals surface area (Å²) in [7, 11) is -0.140. The first-order valence-corrected chi connectivity index (χ1v) is 12.7. The standard InChI is InChI=1S/C21H22ClN9O6S/c1-11(16(32)17-23-8-12(22)9-24-17)38(33,34)30-21-29-28-18(13-6-5-7-14(27-13)35-2)31(21)15-19(36-3)25-10-26-20(15)37-4/h5-11,16,32H,1-4H3,(H,29,30)/t11-,16-/m0/s1. The molecule has 0 spiro atoms. The van der Waals surface area contributed by atoms with Gasteiger partial charge in [-0.15, -0.1) is 10.2 Å². The summed E-state index contributed by atoms with van der Waals surface area (Å²) in [4.78, 5) is 20.4. The Hall–Kier alpha value is -4.15. The summed E-state index contributed by atoms with van der Waals surface area (Å²) in [6, 6.07) is 4.92. The van der Waals surface area contributed by atoms with E-state index in [4.69, 9.17) is 25.8 Å². The van der Waals surface area contributed by atoms with Gasteiger partial charge in [-0.3, -0.25) is 4.72 Å². The topological polar surface area (TPSA) is 189 Å². The molecule has 17 heteroatoms. The van der Waals surface area contributed by atoms with Gasteiger partial charge in [-0.25, -0.2) is 27.9 Å². The molecule has 38 heavy (non-hydrogen) atoms. The molecule has 15 nitrogen and oxygen atoms in total. The molecule has 0 saturated heterocycles. The number of ether oxygens (including phenoxy) is 3. The van der Waals surface area contributed by atoms with Crippen LogP contribution in [0.25, 0.3) is 17.2 Å². The number of aliphatic hydroxyl groups is 1. The summed E-state index contributed by atoms with van der Waals surface area (Å²) in [5, 5.41) is 17.7. The van der Waals surface area contributed by atoms with Crippen LogP contribution in [-0.4, -0.2) is 79.8 Å². The summed E-state index contributed by atoms with van der Waals surface area (Å²) in [5.74, 6) is 0.0130. The number of sulfonamides is 1. The second-order valence-electron chi connectivity index (χ2n) is 7.55. The first kappa shape index (κ1) is 26.9. The Morgan fingerprint density at radius 3 is 2.26 bits per heavy atom. The van der Waals surface area contributed by atoms with Crippen LogP contribution in [0.1, 0.15) is 18.9 Å². The molecule has 4 heterocycles. The van der Waals surface area contributed by atoms with E-state index in [0.717, 1.165) is 0 Å². The molecule has 0 aliphatic rings. The molecule has 0 fully saturated rings. The lowest BCUT2D eigenvalue weighted by molar-refractivity contribution is 0.166. The second-order valence-corrected chi connectivity index (χ2v) is 10.0. The first-order chi connectivity index (χ1) is 18.2. The Bertz CT molecular complexity index is 1510. The summed E-state index contributed by atoms with van der Waals surface area (Å²) in [5.41, 5.74) is 0.368. The molecule has 4 aromatic heterocycles.